The summed E-state index contributed by atoms with van der Waals surface area (Å²) in [4.78, 5) is 0. The van der Waals surface area contributed by atoms with E-state index >= 15 is 0 Å². The van der Waals surface area contributed by atoms with E-state index in [1.54, 1.807) is 7.11 Å². The number of hydrogen-bond acceptors (Lipinski definition) is 1. The smallest absolute Gasteiger partial charge is 0.119 e. The summed E-state index contributed by atoms with van der Waals surface area (Å²) < 4.78 is 5.29. The van der Waals surface area contributed by atoms with Gasteiger partial charge in [-0.05, 0) is 47.7 Å². The van der Waals surface area contributed by atoms with Crippen molar-refractivity contribution in [3.8, 4) is 5.75 Å². The first-order valence-electron chi connectivity index (χ1n) is 6.01. The predicted octanol–water partition coefficient (Wildman–Crippen LogP) is 4.36. The van der Waals surface area contributed by atoms with Crippen LogP contribution in [0.25, 0.3) is 10.8 Å². The van der Waals surface area contributed by atoms with Crippen LogP contribution in [0, 0.1) is 0 Å². The first kappa shape index (κ1) is 11.7. The Balaban J connectivity index is 2.36. The van der Waals surface area contributed by atoms with Gasteiger partial charge in [0.2, 0.25) is 0 Å². The lowest BCUT2D eigenvalue weighted by Crippen LogP contribution is -1.89. The Morgan fingerprint density at radius 2 is 2.12 bits per heavy atom. The normalized spacial score (nSPS) is 10.4. The van der Waals surface area contributed by atoms with E-state index in [9.17, 15) is 0 Å². The standard InChI is InChI=1S/C16H18O/c1-3-4-5-7-13-8-6-9-14-10-11-15(17-2)12-16(13)14/h3,6,8-12H,1,4-5,7H2,2H3. The summed E-state index contributed by atoms with van der Waals surface area (Å²) in [5.74, 6) is 0.925. The van der Waals surface area contributed by atoms with Crippen molar-refractivity contribution in [1.82, 2.24) is 0 Å². The molecule has 2 rings (SSSR count). The van der Waals surface area contributed by atoms with Crippen molar-refractivity contribution < 1.29 is 4.74 Å². The van der Waals surface area contributed by atoms with Crippen molar-refractivity contribution in [2.75, 3.05) is 7.11 Å². The van der Waals surface area contributed by atoms with E-state index in [0.717, 1.165) is 25.0 Å². The number of benzene rings is 2. The van der Waals surface area contributed by atoms with E-state index in [4.69, 9.17) is 4.74 Å². The molecule has 88 valence electrons. The maximum atomic E-state index is 5.29. The minimum Gasteiger partial charge on any atom is -0.497 e. The highest BCUT2D eigenvalue weighted by Gasteiger charge is 2.02. The fourth-order valence-corrected chi connectivity index (χ4v) is 2.10. The Morgan fingerprint density at radius 1 is 1.24 bits per heavy atom. The summed E-state index contributed by atoms with van der Waals surface area (Å²) >= 11 is 0. The molecule has 0 N–H and O–H groups in total. The molecule has 0 spiro atoms. The van der Waals surface area contributed by atoms with Crippen LogP contribution in [-0.4, -0.2) is 7.11 Å². The number of aryl methyl sites for hydroxylation is 1. The maximum absolute atomic E-state index is 5.29. The van der Waals surface area contributed by atoms with Crippen LogP contribution in [0.3, 0.4) is 0 Å². The quantitative estimate of drug-likeness (QED) is 0.544. The van der Waals surface area contributed by atoms with Gasteiger partial charge in [-0.1, -0.05) is 30.3 Å². The highest BCUT2D eigenvalue weighted by Crippen LogP contribution is 2.25. The van der Waals surface area contributed by atoms with Crippen molar-refractivity contribution >= 4 is 10.8 Å². The van der Waals surface area contributed by atoms with Gasteiger partial charge in [0.1, 0.15) is 5.75 Å². The Kier molecular flexibility index (Phi) is 3.81. The number of unbranched alkanes of at least 4 members (excludes halogenated alkanes) is 1. The molecule has 0 aliphatic heterocycles. The zero-order valence-corrected chi connectivity index (χ0v) is 10.3. The number of rotatable bonds is 5. The molecule has 0 radical (unpaired) electrons. The third-order valence-corrected chi connectivity index (χ3v) is 3.03. The highest BCUT2D eigenvalue weighted by molar-refractivity contribution is 5.87. The fraction of sp³-hybridized carbons (Fsp3) is 0.250. The molecule has 0 saturated carbocycles. The number of hydrogen-bond donors (Lipinski definition) is 0. The molecule has 0 aliphatic carbocycles. The molecule has 0 bridgehead atoms. The number of ether oxygens (including phenoxy) is 1. The lowest BCUT2D eigenvalue weighted by atomic mass is 10.00. The van der Waals surface area contributed by atoms with Gasteiger partial charge in [0.05, 0.1) is 7.11 Å². The average Bonchev–Trinajstić information content (AvgIpc) is 2.39. The van der Waals surface area contributed by atoms with E-state index < -0.39 is 0 Å². The Hall–Kier alpha value is -1.76. The molecular weight excluding hydrogens is 208 g/mol. The predicted molar refractivity (Wildman–Crippen MR) is 73.6 cm³/mol. The summed E-state index contributed by atoms with van der Waals surface area (Å²) in [6.07, 6.45) is 5.29. The van der Waals surface area contributed by atoms with Gasteiger partial charge < -0.3 is 4.74 Å². The second kappa shape index (κ2) is 5.53. The van der Waals surface area contributed by atoms with Crippen molar-refractivity contribution in [2.24, 2.45) is 0 Å². The van der Waals surface area contributed by atoms with Crippen LogP contribution in [0.2, 0.25) is 0 Å². The van der Waals surface area contributed by atoms with E-state index in [2.05, 4.69) is 36.9 Å². The van der Waals surface area contributed by atoms with Crippen LogP contribution in [-0.2, 0) is 6.42 Å². The van der Waals surface area contributed by atoms with E-state index in [0.29, 0.717) is 0 Å². The van der Waals surface area contributed by atoms with Crippen molar-refractivity contribution in [3.63, 3.8) is 0 Å². The molecule has 0 atom stereocenters. The molecule has 0 unspecified atom stereocenters. The van der Waals surface area contributed by atoms with Crippen molar-refractivity contribution in [2.45, 2.75) is 19.3 Å². The Labute approximate surface area is 103 Å². The van der Waals surface area contributed by atoms with Gasteiger partial charge in [-0.2, -0.15) is 0 Å². The molecule has 2 aromatic carbocycles. The van der Waals surface area contributed by atoms with Crippen LogP contribution in [0.5, 0.6) is 5.75 Å². The molecule has 0 fully saturated rings. The average molecular weight is 226 g/mol. The van der Waals surface area contributed by atoms with Gasteiger partial charge in [0.15, 0.2) is 0 Å². The third-order valence-electron chi connectivity index (χ3n) is 3.03. The molecule has 0 aliphatic rings. The summed E-state index contributed by atoms with van der Waals surface area (Å²) in [5, 5.41) is 2.58. The van der Waals surface area contributed by atoms with Gasteiger partial charge in [0.25, 0.3) is 0 Å². The first-order chi connectivity index (χ1) is 8.35. The summed E-state index contributed by atoms with van der Waals surface area (Å²) in [6.45, 7) is 3.76. The van der Waals surface area contributed by atoms with E-state index in [-0.39, 0.29) is 0 Å². The van der Waals surface area contributed by atoms with Gasteiger partial charge in [0, 0.05) is 0 Å². The summed E-state index contributed by atoms with van der Waals surface area (Å²) in [6, 6.07) is 12.7. The van der Waals surface area contributed by atoms with Crippen molar-refractivity contribution in [1.29, 1.82) is 0 Å². The molecule has 1 nitrogen and oxygen atoms in total. The SMILES string of the molecule is C=CCCCc1cccc2ccc(OC)cc12. The van der Waals surface area contributed by atoms with Gasteiger partial charge >= 0.3 is 0 Å². The topological polar surface area (TPSA) is 9.23 Å². The highest BCUT2D eigenvalue weighted by atomic mass is 16.5. The second-order valence-electron chi connectivity index (χ2n) is 4.19. The Bertz CT molecular complexity index is 514. The van der Waals surface area contributed by atoms with E-state index in [1.165, 1.54) is 16.3 Å². The molecule has 0 heterocycles. The van der Waals surface area contributed by atoms with Gasteiger partial charge in [-0.15, -0.1) is 6.58 Å². The van der Waals surface area contributed by atoms with Crippen LogP contribution in [0.1, 0.15) is 18.4 Å². The van der Waals surface area contributed by atoms with Crippen LogP contribution in [0.15, 0.2) is 49.1 Å². The zero-order valence-electron chi connectivity index (χ0n) is 10.3. The number of methoxy groups -OCH3 is 1. The third kappa shape index (κ3) is 2.68. The van der Waals surface area contributed by atoms with Gasteiger partial charge in [-0.3, -0.25) is 0 Å². The first-order valence-corrected chi connectivity index (χ1v) is 6.01. The summed E-state index contributed by atoms with van der Waals surface area (Å²) in [5.41, 5.74) is 1.39. The fourth-order valence-electron chi connectivity index (χ4n) is 2.10. The zero-order chi connectivity index (χ0) is 12.1. The minimum absolute atomic E-state index is 0.925. The molecule has 0 aromatic heterocycles. The summed E-state index contributed by atoms with van der Waals surface area (Å²) in [7, 11) is 1.71. The lowest BCUT2D eigenvalue weighted by Gasteiger charge is -2.08. The minimum atomic E-state index is 0.925. The largest absolute Gasteiger partial charge is 0.497 e. The lowest BCUT2D eigenvalue weighted by molar-refractivity contribution is 0.415. The van der Waals surface area contributed by atoms with E-state index in [1.807, 2.05) is 12.1 Å². The molecule has 0 saturated heterocycles. The van der Waals surface area contributed by atoms with Crippen LogP contribution < -0.4 is 4.74 Å². The second-order valence-corrected chi connectivity index (χ2v) is 4.19. The van der Waals surface area contributed by atoms with Crippen LogP contribution in [0.4, 0.5) is 0 Å². The molecule has 0 amide bonds. The maximum Gasteiger partial charge on any atom is 0.119 e. The number of allylic oxidation sites excluding steroid dienone is 1. The number of fused-ring (bicyclic) bond motifs is 1. The van der Waals surface area contributed by atoms with Crippen molar-refractivity contribution in [3.05, 3.63) is 54.6 Å². The molecule has 17 heavy (non-hydrogen) atoms. The molecule has 1 heteroatoms. The molecular formula is C16H18O. The molecule has 2 aromatic rings. The van der Waals surface area contributed by atoms with Gasteiger partial charge in [-0.25, -0.2) is 0 Å². The monoisotopic (exact) mass is 226 g/mol. The van der Waals surface area contributed by atoms with Crippen LogP contribution >= 0.6 is 0 Å². The Morgan fingerprint density at radius 3 is 2.88 bits per heavy atom.